The topological polar surface area (TPSA) is 192 Å². The van der Waals surface area contributed by atoms with Crippen molar-refractivity contribution in [1.82, 2.24) is 19.9 Å². The molecule has 0 spiro atoms. The number of aromatic nitrogens is 4. The molecule has 4 aromatic carbocycles. The molecule has 0 radical (unpaired) electrons. The molecule has 14 nitrogen and oxygen atoms in total. The monoisotopic (exact) mass is 1210 g/mol. The molecule has 6 N–H and O–H groups in total. The number of carbonyl (C=O) groups is 4. The Morgan fingerprint density at radius 3 is 0.878 bits per heavy atom. The number of hydrogen-bond acceptors (Lipinski definition) is 8. The van der Waals surface area contributed by atoms with Crippen LogP contribution in [0.1, 0.15) is 170 Å². The summed E-state index contributed by atoms with van der Waals surface area (Å²) in [5.74, 6) is -1.91. The van der Waals surface area contributed by atoms with Gasteiger partial charge >= 0.3 is 0 Å². The number of aromatic amines is 2. The first-order valence-electron chi connectivity index (χ1n) is 31.2. The van der Waals surface area contributed by atoms with Gasteiger partial charge in [-0.25, -0.2) is 9.97 Å². The maximum atomic E-state index is 14.1. The van der Waals surface area contributed by atoms with Crippen molar-refractivity contribution in [3.8, 4) is 44.5 Å². The van der Waals surface area contributed by atoms with E-state index in [4.69, 9.17) is 19.4 Å². The number of nitrogens with one attached hydrogen (secondary N) is 6. The van der Waals surface area contributed by atoms with Gasteiger partial charge in [-0.3, -0.25) is 19.2 Å². The van der Waals surface area contributed by atoms with Gasteiger partial charge in [0.25, 0.3) is 11.8 Å². The molecule has 2 atom stereocenters. The van der Waals surface area contributed by atoms with Crippen LogP contribution in [-0.4, -0.2) is 70.0 Å². The van der Waals surface area contributed by atoms with Crippen LogP contribution in [0.15, 0.2) is 97.1 Å². The number of anilines is 4. The molecule has 470 valence electrons. The van der Waals surface area contributed by atoms with Gasteiger partial charge in [0.2, 0.25) is 11.8 Å². The third kappa shape index (κ3) is 13.9. The second kappa shape index (κ2) is 25.3. The van der Waals surface area contributed by atoms with Crippen LogP contribution in [0, 0.1) is 11.8 Å². The van der Waals surface area contributed by atoms with Gasteiger partial charge in [-0.2, -0.15) is 0 Å². The highest BCUT2D eigenvalue weighted by molar-refractivity contribution is 6.11. The lowest BCUT2D eigenvalue weighted by Gasteiger charge is -2.26. The molecule has 0 aliphatic carbocycles. The lowest BCUT2D eigenvalue weighted by Crippen LogP contribution is -2.28. The van der Waals surface area contributed by atoms with E-state index in [1.807, 2.05) is 101 Å². The number of carbonyl (C=O) groups excluding carboxylic acids is 4. The van der Waals surface area contributed by atoms with Crippen molar-refractivity contribution in [2.24, 2.45) is 11.8 Å². The van der Waals surface area contributed by atoms with Crippen LogP contribution in [0.5, 0.6) is 0 Å². The largest absolute Gasteiger partial charge is 0.372 e. The molecule has 14 heteroatoms. The Balaban J connectivity index is 1.58. The zero-order valence-corrected chi connectivity index (χ0v) is 56.2. The number of fused-ring (bicyclic) bond motifs is 8. The van der Waals surface area contributed by atoms with Crippen molar-refractivity contribution < 1.29 is 28.7 Å². The zero-order chi connectivity index (χ0) is 65.7. The van der Waals surface area contributed by atoms with Gasteiger partial charge in [0.05, 0.1) is 45.5 Å². The molecule has 0 saturated carbocycles. The molecule has 2 aliphatic heterocycles. The Morgan fingerprint density at radius 2 is 0.622 bits per heavy atom. The molecule has 0 saturated heterocycles. The van der Waals surface area contributed by atoms with Crippen LogP contribution in [0.2, 0.25) is 0 Å². The normalized spacial score (nSPS) is 13.4. The average Bonchev–Trinajstić information content (AvgIpc) is 1.54. The van der Waals surface area contributed by atoms with E-state index in [0.29, 0.717) is 84.3 Å². The molecular weight excluding hydrogens is 1120 g/mol. The van der Waals surface area contributed by atoms with Crippen LogP contribution < -0.4 is 21.3 Å². The Hall–Kier alpha value is -8.72. The second-order valence-corrected chi connectivity index (χ2v) is 28.6. The maximum absolute atomic E-state index is 14.1. The highest BCUT2D eigenvalue weighted by Crippen LogP contribution is 2.47. The molecule has 2 unspecified atom stereocenters. The van der Waals surface area contributed by atoms with Crippen LogP contribution in [0.3, 0.4) is 0 Å². The summed E-state index contributed by atoms with van der Waals surface area (Å²) in [5, 5.41) is 12.8. The summed E-state index contributed by atoms with van der Waals surface area (Å²) in [6, 6.07) is 32.7. The fraction of sp³-hybridized carbons (Fsp3) is 0.368. The summed E-state index contributed by atoms with van der Waals surface area (Å²) in [7, 11) is 2.97. The van der Waals surface area contributed by atoms with Crippen molar-refractivity contribution in [3.05, 3.63) is 142 Å². The van der Waals surface area contributed by atoms with Gasteiger partial charge in [-0.1, -0.05) is 159 Å². The van der Waals surface area contributed by atoms with Gasteiger partial charge in [0, 0.05) is 81.5 Å². The maximum Gasteiger partial charge on any atom is 0.253 e. The Bertz CT molecular complexity index is 4000. The fourth-order valence-corrected chi connectivity index (χ4v) is 10.9. The summed E-state index contributed by atoms with van der Waals surface area (Å²) >= 11 is 0. The number of methoxy groups -OCH3 is 2. The molecule has 3 aromatic heterocycles. The molecule has 5 heterocycles. The molecule has 2 aliphatic rings. The van der Waals surface area contributed by atoms with E-state index < -0.39 is 24.0 Å². The molecule has 7 aromatic rings. The quantitative estimate of drug-likeness (QED) is 0.0619. The van der Waals surface area contributed by atoms with Crippen molar-refractivity contribution in [2.45, 2.75) is 158 Å². The standard InChI is InChI=1S/C76H90N8O6/c1-41(2)69(85)81-51-23-21-24-52(82-70(86)42(3)4)65(51)67-59-31-27-55(77-59)63(45-35-47(73(7,8)9)39-48(36-45)74(10,11)12)57-29-33-61(79-57)68(66-53(83-71(87)43(5)89-19)25-22-26-54(66)84-72(88)44(6)90-20)62-34-30-58(80-62)64(56-28-32-60(67)78-56)46-37-49(75(13,14)15)40-50(38-46)76(16,17)18/h21-44,77,80H,1-20H3,(H,81,85)(H,82,86)(H,83,87)(H,84,88). The molecule has 90 heavy (non-hydrogen) atoms. The predicted molar refractivity (Wildman–Crippen MR) is 373 cm³/mol. The Kier molecular flexibility index (Phi) is 18.5. The minimum absolute atomic E-state index is 0.195. The van der Waals surface area contributed by atoms with Gasteiger partial charge in [-0.15, -0.1) is 0 Å². The first kappa shape index (κ1) is 65.7. The number of hydrogen-bond donors (Lipinski definition) is 6. The third-order valence-electron chi connectivity index (χ3n) is 16.8. The molecule has 4 amide bonds. The average molecular weight is 1210 g/mol. The SMILES string of the molecule is COC(C)C(=O)Nc1cccc(NC(=O)C(C)OC)c1-c1c2nc(c(-c3cc(C(C)(C)C)cc(C(C)(C)C)c3)c3ccc([nH]3)c(-c3c(NC(=O)C(C)C)cccc3NC(=O)C(C)C)c3nc(c(-c4cc(C(C)(C)C)cc(C(C)(C)C)c4)c4ccc1[nH]4)C=C3)C=C2. The summed E-state index contributed by atoms with van der Waals surface area (Å²) in [6.45, 7) is 37.4. The van der Waals surface area contributed by atoms with Gasteiger partial charge in [0.15, 0.2) is 0 Å². The first-order valence-corrected chi connectivity index (χ1v) is 31.2. The third-order valence-corrected chi connectivity index (χ3v) is 16.8. The minimum atomic E-state index is -0.826. The Labute approximate surface area is 531 Å². The zero-order valence-electron chi connectivity index (χ0n) is 56.2. The van der Waals surface area contributed by atoms with E-state index in [-0.39, 0.29) is 45.3 Å². The summed E-state index contributed by atoms with van der Waals surface area (Å²) < 4.78 is 11.1. The van der Waals surface area contributed by atoms with E-state index in [1.54, 1.807) is 19.9 Å². The van der Waals surface area contributed by atoms with E-state index in [9.17, 15) is 19.2 Å². The van der Waals surface area contributed by atoms with E-state index in [0.717, 1.165) is 50.0 Å². The molecule has 9 rings (SSSR count). The summed E-state index contributed by atoms with van der Waals surface area (Å²) in [5.41, 5.74) is 16.0. The fourth-order valence-electron chi connectivity index (χ4n) is 10.9. The number of ether oxygens (including phenoxy) is 2. The van der Waals surface area contributed by atoms with Gasteiger partial charge in [-0.05, 0) is 142 Å². The lowest BCUT2D eigenvalue weighted by molar-refractivity contribution is -0.125. The lowest BCUT2D eigenvalue weighted by atomic mass is 9.78. The van der Waals surface area contributed by atoms with E-state index in [1.165, 1.54) is 14.2 Å². The summed E-state index contributed by atoms with van der Waals surface area (Å²) in [4.78, 5) is 75.6. The number of benzene rings is 4. The number of amides is 4. The number of H-pyrrole nitrogens is 2. The minimum Gasteiger partial charge on any atom is -0.372 e. The first-order chi connectivity index (χ1) is 42.2. The van der Waals surface area contributed by atoms with Crippen molar-refractivity contribution in [1.29, 1.82) is 0 Å². The highest BCUT2D eigenvalue weighted by Gasteiger charge is 2.30. The van der Waals surface area contributed by atoms with Crippen LogP contribution in [0.4, 0.5) is 22.7 Å². The number of rotatable bonds is 14. The van der Waals surface area contributed by atoms with Crippen molar-refractivity contribution in [3.63, 3.8) is 0 Å². The van der Waals surface area contributed by atoms with Gasteiger partial charge in [0.1, 0.15) is 12.2 Å². The highest BCUT2D eigenvalue weighted by atomic mass is 16.5. The van der Waals surface area contributed by atoms with Crippen LogP contribution >= 0.6 is 0 Å². The van der Waals surface area contributed by atoms with E-state index in [2.05, 4.69) is 157 Å². The van der Waals surface area contributed by atoms with Gasteiger partial charge < -0.3 is 40.7 Å². The van der Waals surface area contributed by atoms with Crippen molar-refractivity contribution >= 4 is 92.7 Å². The Morgan fingerprint density at radius 1 is 0.367 bits per heavy atom. The molecule has 0 fully saturated rings. The molecular formula is C76H90N8O6. The predicted octanol–water partition coefficient (Wildman–Crippen LogP) is 17.6. The summed E-state index contributed by atoms with van der Waals surface area (Å²) in [6.07, 6.45) is 6.38. The second-order valence-electron chi connectivity index (χ2n) is 28.6. The smallest absolute Gasteiger partial charge is 0.253 e. The molecule has 8 bridgehead atoms. The van der Waals surface area contributed by atoms with Crippen LogP contribution in [0.25, 0.3) is 90.9 Å². The number of nitrogens with zero attached hydrogens (tertiary/aromatic N) is 2. The van der Waals surface area contributed by atoms with Crippen LogP contribution in [-0.2, 0) is 50.3 Å². The van der Waals surface area contributed by atoms with Crippen molar-refractivity contribution in [2.75, 3.05) is 35.5 Å². The van der Waals surface area contributed by atoms with E-state index >= 15 is 0 Å².